The van der Waals surface area contributed by atoms with Gasteiger partial charge in [0, 0.05) is 45.1 Å². The van der Waals surface area contributed by atoms with Crippen LogP contribution < -0.4 is 0 Å². The van der Waals surface area contributed by atoms with Crippen molar-refractivity contribution in [2.45, 2.75) is 0 Å². The van der Waals surface area contributed by atoms with Crippen molar-refractivity contribution in [3.8, 4) is 34.4 Å². The van der Waals surface area contributed by atoms with Crippen LogP contribution >= 0.6 is 0 Å². The lowest BCUT2D eigenvalue weighted by Gasteiger charge is -2.10. The molecule has 0 aliphatic heterocycles. The Morgan fingerprint density at radius 3 is 1.27 bits per heavy atom. The predicted molar refractivity (Wildman–Crippen MR) is 177 cm³/mol. The number of hydrogen-bond donors (Lipinski definition) is 0. The van der Waals surface area contributed by atoms with E-state index < -0.39 is 0 Å². The van der Waals surface area contributed by atoms with Gasteiger partial charge in [-0.2, -0.15) is 0 Å². The van der Waals surface area contributed by atoms with Crippen LogP contribution in [0.15, 0.2) is 146 Å². The smallest absolute Gasteiger partial charge is 0.161 e. The zero-order chi connectivity index (χ0) is 29.0. The lowest BCUT2D eigenvalue weighted by molar-refractivity contribution is 1.04. The fraction of sp³-hybridized carbons (Fsp3) is 0. The van der Waals surface area contributed by atoms with Gasteiger partial charge in [0.05, 0.1) is 22.1 Å². The second kappa shape index (κ2) is 9.71. The quantitative estimate of drug-likeness (QED) is 0.214. The van der Waals surface area contributed by atoms with Crippen molar-refractivity contribution < 1.29 is 0 Å². The average Bonchev–Trinajstić information content (AvgIpc) is 3.60. The fourth-order valence-electron chi connectivity index (χ4n) is 6.32. The van der Waals surface area contributed by atoms with Crippen LogP contribution in [0.25, 0.3) is 78.0 Å². The molecule has 4 heterocycles. The zero-order valence-corrected chi connectivity index (χ0v) is 23.5. The first-order valence-corrected chi connectivity index (χ1v) is 14.6. The third-order valence-electron chi connectivity index (χ3n) is 8.27. The van der Waals surface area contributed by atoms with E-state index in [2.05, 4.69) is 79.8 Å². The Bertz CT molecular complexity index is 2320. The minimum absolute atomic E-state index is 0.693. The maximum absolute atomic E-state index is 5.06. The topological polar surface area (TPSA) is 61.4 Å². The second-order valence-corrected chi connectivity index (χ2v) is 10.8. The van der Waals surface area contributed by atoms with E-state index in [1.807, 2.05) is 85.2 Å². The van der Waals surface area contributed by atoms with Crippen LogP contribution in [-0.4, -0.2) is 29.1 Å². The van der Waals surface area contributed by atoms with Crippen LogP contribution in [0.5, 0.6) is 0 Å². The van der Waals surface area contributed by atoms with Crippen molar-refractivity contribution in [1.29, 1.82) is 0 Å². The van der Waals surface area contributed by atoms with Gasteiger partial charge in [-0.3, -0.25) is 9.13 Å². The SMILES string of the molecule is c1ccc(-c2nccc(-n3c4ccccc4c4cc5c6ccccc6n(-c6ccnc(-c7ccccc7)n6)c5cc43)n2)cc1. The summed E-state index contributed by atoms with van der Waals surface area (Å²) in [6.07, 6.45) is 3.68. The summed E-state index contributed by atoms with van der Waals surface area (Å²) in [5, 5.41) is 4.69. The van der Waals surface area contributed by atoms with Gasteiger partial charge < -0.3 is 0 Å². The standard InChI is InChI=1S/C38H24N6/c1-3-11-25(12-4-1)37-39-21-19-35(41-37)43-31-17-9-7-15-27(31)29-23-30-28-16-8-10-18-32(28)44(34(30)24-33(29)43)36-20-22-40-38(42-36)26-13-5-2-6-14-26/h1-24H. The van der Waals surface area contributed by atoms with Gasteiger partial charge in [0.2, 0.25) is 0 Å². The Kier molecular flexibility index (Phi) is 5.40. The molecule has 0 saturated heterocycles. The first-order chi connectivity index (χ1) is 21.8. The minimum atomic E-state index is 0.693. The Morgan fingerprint density at radius 2 is 0.795 bits per heavy atom. The molecule has 0 radical (unpaired) electrons. The normalized spacial score (nSPS) is 11.6. The highest BCUT2D eigenvalue weighted by Crippen LogP contribution is 2.39. The largest absolute Gasteiger partial charge is 0.294 e. The fourth-order valence-corrected chi connectivity index (χ4v) is 6.32. The number of benzene rings is 5. The second-order valence-electron chi connectivity index (χ2n) is 10.8. The predicted octanol–water partition coefficient (Wildman–Crippen LogP) is 8.79. The highest BCUT2D eigenvalue weighted by Gasteiger charge is 2.20. The highest BCUT2D eigenvalue weighted by molar-refractivity contribution is 6.19. The number of fused-ring (bicyclic) bond motifs is 6. The Labute approximate surface area is 252 Å². The van der Waals surface area contributed by atoms with E-state index in [4.69, 9.17) is 9.97 Å². The van der Waals surface area contributed by atoms with Crippen molar-refractivity contribution in [1.82, 2.24) is 29.1 Å². The molecule has 0 N–H and O–H groups in total. The summed E-state index contributed by atoms with van der Waals surface area (Å²) in [5.74, 6) is 3.03. The molecule has 6 nitrogen and oxygen atoms in total. The van der Waals surface area contributed by atoms with E-state index in [0.717, 1.165) is 44.8 Å². The van der Waals surface area contributed by atoms with Crippen LogP contribution in [0.3, 0.4) is 0 Å². The lowest BCUT2D eigenvalue weighted by Crippen LogP contribution is -2.01. The molecule has 0 fully saturated rings. The molecule has 206 valence electrons. The molecule has 0 unspecified atom stereocenters. The van der Waals surface area contributed by atoms with Crippen LogP contribution in [0.1, 0.15) is 0 Å². The van der Waals surface area contributed by atoms with Crippen LogP contribution in [0.4, 0.5) is 0 Å². The molecule has 0 saturated carbocycles. The summed E-state index contributed by atoms with van der Waals surface area (Å²) >= 11 is 0. The molecule has 5 aromatic carbocycles. The van der Waals surface area contributed by atoms with Crippen LogP contribution in [-0.2, 0) is 0 Å². The van der Waals surface area contributed by atoms with Gasteiger partial charge in [-0.1, -0.05) is 97.1 Å². The number of para-hydroxylation sites is 2. The van der Waals surface area contributed by atoms with E-state index in [1.54, 1.807) is 0 Å². The first-order valence-electron chi connectivity index (χ1n) is 14.6. The zero-order valence-electron chi connectivity index (χ0n) is 23.5. The Morgan fingerprint density at radius 1 is 0.364 bits per heavy atom. The van der Waals surface area contributed by atoms with Gasteiger partial charge in [0.25, 0.3) is 0 Å². The van der Waals surface area contributed by atoms with Crippen LogP contribution in [0, 0.1) is 0 Å². The van der Waals surface area contributed by atoms with Gasteiger partial charge >= 0.3 is 0 Å². The average molecular weight is 565 g/mol. The summed E-state index contributed by atoms with van der Waals surface area (Å²) < 4.78 is 4.49. The van der Waals surface area contributed by atoms with Gasteiger partial charge in [-0.25, -0.2) is 19.9 Å². The Hall–Kier alpha value is -6.14. The van der Waals surface area contributed by atoms with E-state index in [-0.39, 0.29) is 0 Å². The third kappa shape index (κ3) is 3.75. The van der Waals surface area contributed by atoms with E-state index in [9.17, 15) is 0 Å². The number of nitrogens with zero attached hydrogens (tertiary/aromatic N) is 6. The summed E-state index contributed by atoms with van der Waals surface area (Å²) in [6, 6.07) is 45.8. The molecule has 0 aliphatic carbocycles. The maximum Gasteiger partial charge on any atom is 0.161 e. The van der Waals surface area contributed by atoms with Gasteiger partial charge in [0.15, 0.2) is 11.6 Å². The maximum atomic E-state index is 5.06. The molecule has 0 amide bonds. The van der Waals surface area contributed by atoms with Gasteiger partial charge in [-0.15, -0.1) is 0 Å². The summed E-state index contributed by atoms with van der Waals surface area (Å²) in [6.45, 7) is 0. The van der Waals surface area contributed by atoms with Crippen molar-refractivity contribution in [2.24, 2.45) is 0 Å². The molecule has 44 heavy (non-hydrogen) atoms. The number of hydrogen-bond acceptors (Lipinski definition) is 4. The molecule has 0 aliphatic rings. The molecule has 0 bridgehead atoms. The van der Waals surface area contributed by atoms with Crippen molar-refractivity contribution in [3.05, 3.63) is 146 Å². The van der Waals surface area contributed by atoms with E-state index >= 15 is 0 Å². The van der Waals surface area contributed by atoms with E-state index in [0.29, 0.717) is 11.6 Å². The molecule has 9 rings (SSSR count). The van der Waals surface area contributed by atoms with Crippen molar-refractivity contribution >= 4 is 43.6 Å². The van der Waals surface area contributed by atoms with Crippen LogP contribution in [0.2, 0.25) is 0 Å². The number of rotatable bonds is 4. The monoisotopic (exact) mass is 564 g/mol. The molecular weight excluding hydrogens is 540 g/mol. The molecule has 6 heteroatoms. The lowest BCUT2D eigenvalue weighted by atomic mass is 10.1. The molecule has 0 atom stereocenters. The van der Waals surface area contributed by atoms with Gasteiger partial charge in [-0.05, 0) is 36.4 Å². The van der Waals surface area contributed by atoms with Crippen molar-refractivity contribution in [2.75, 3.05) is 0 Å². The molecular formula is C38H24N6. The van der Waals surface area contributed by atoms with Crippen molar-refractivity contribution in [3.63, 3.8) is 0 Å². The molecule has 9 aromatic rings. The highest BCUT2D eigenvalue weighted by atomic mass is 15.1. The Balaban J connectivity index is 1.35. The minimum Gasteiger partial charge on any atom is -0.294 e. The van der Waals surface area contributed by atoms with Gasteiger partial charge in [0.1, 0.15) is 11.6 Å². The summed E-state index contributed by atoms with van der Waals surface area (Å²) in [7, 11) is 0. The first kappa shape index (κ1) is 24.5. The van der Waals surface area contributed by atoms with E-state index in [1.165, 1.54) is 21.5 Å². The molecule has 0 spiro atoms. The molecule has 4 aromatic heterocycles. The number of aromatic nitrogens is 6. The summed E-state index contributed by atoms with van der Waals surface area (Å²) in [4.78, 5) is 19.3. The third-order valence-corrected chi connectivity index (χ3v) is 8.27. The summed E-state index contributed by atoms with van der Waals surface area (Å²) in [5.41, 5.74) is 6.29.